The van der Waals surface area contributed by atoms with Crippen molar-refractivity contribution in [2.75, 3.05) is 0 Å². The number of hydrogen-bond donors (Lipinski definition) is 1. The van der Waals surface area contributed by atoms with Gasteiger partial charge in [-0.05, 0) is 30.7 Å². The van der Waals surface area contributed by atoms with Crippen LogP contribution in [0.1, 0.15) is 15.9 Å². The number of carboxylic acid groups (broad SMARTS) is 1. The fraction of sp³-hybridized carbons (Fsp3) is 0.0833. The van der Waals surface area contributed by atoms with Crippen molar-refractivity contribution in [2.45, 2.75) is 6.92 Å². The van der Waals surface area contributed by atoms with E-state index in [-0.39, 0.29) is 11.4 Å². The van der Waals surface area contributed by atoms with Gasteiger partial charge in [-0.15, -0.1) is 5.10 Å². The molecule has 1 aromatic heterocycles. The molecule has 0 aliphatic carbocycles. The lowest BCUT2D eigenvalue weighted by Gasteiger charge is -2.09. The Bertz CT molecular complexity index is 602. The summed E-state index contributed by atoms with van der Waals surface area (Å²) in [5, 5.41) is 16.3. The molecule has 6 heteroatoms. The minimum atomic E-state index is -1.10. The molecular weight excluding hydrogens is 300 g/mol. The Morgan fingerprint density at radius 3 is 2.89 bits per heavy atom. The van der Waals surface area contributed by atoms with Crippen LogP contribution in [0.4, 0.5) is 0 Å². The smallest absolute Gasteiger partial charge is 0.341 e. The molecule has 0 saturated carbocycles. The molecule has 1 N–H and O–H groups in total. The van der Waals surface area contributed by atoms with E-state index in [0.717, 1.165) is 10.0 Å². The predicted molar refractivity (Wildman–Crippen MR) is 67.9 cm³/mol. The average molecular weight is 309 g/mol. The Labute approximate surface area is 112 Å². The van der Waals surface area contributed by atoms with Gasteiger partial charge in [0, 0.05) is 4.47 Å². The molecule has 1 aromatic carbocycles. The maximum absolute atomic E-state index is 11.0. The fourth-order valence-corrected chi connectivity index (χ4v) is 1.69. The SMILES string of the molecule is Cc1ccc(Br)cc1Oc1nnccc1C(=O)O. The first-order valence-corrected chi connectivity index (χ1v) is 5.86. The van der Waals surface area contributed by atoms with Crippen LogP contribution < -0.4 is 4.74 Å². The molecule has 0 fully saturated rings. The number of benzene rings is 1. The van der Waals surface area contributed by atoms with Gasteiger partial charge < -0.3 is 9.84 Å². The minimum Gasteiger partial charge on any atom is -0.477 e. The number of nitrogens with zero attached hydrogens (tertiary/aromatic N) is 2. The van der Waals surface area contributed by atoms with Crippen molar-refractivity contribution in [1.29, 1.82) is 0 Å². The quantitative estimate of drug-likeness (QED) is 0.943. The normalized spacial score (nSPS) is 10.1. The third kappa shape index (κ3) is 2.65. The van der Waals surface area contributed by atoms with Gasteiger partial charge >= 0.3 is 5.97 Å². The van der Waals surface area contributed by atoms with Crippen molar-refractivity contribution in [1.82, 2.24) is 10.2 Å². The zero-order valence-electron chi connectivity index (χ0n) is 9.42. The van der Waals surface area contributed by atoms with Crippen LogP contribution in [-0.4, -0.2) is 21.3 Å². The second-order valence-electron chi connectivity index (χ2n) is 3.57. The van der Waals surface area contributed by atoms with Gasteiger partial charge in [-0.1, -0.05) is 22.0 Å². The Hall–Kier alpha value is -1.95. The van der Waals surface area contributed by atoms with Crippen molar-refractivity contribution in [3.63, 3.8) is 0 Å². The van der Waals surface area contributed by atoms with Crippen LogP contribution in [0.5, 0.6) is 11.6 Å². The van der Waals surface area contributed by atoms with Crippen molar-refractivity contribution >= 4 is 21.9 Å². The summed E-state index contributed by atoms with van der Waals surface area (Å²) in [6, 6.07) is 6.82. The van der Waals surface area contributed by atoms with Crippen LogP contribution in [0.15, 0.2) is 34.9 Å². The molecule has 0 atom stereocenters. The standard InChI is InChI=1S/C12H9BrN2O3/c1-7-2-3-8(13)6-10(7)18-11-9(12(16)17)4-5-14-15-11/h2-6H,1H3,(H,16,17). The molecule has 1 heterocycles. The Balaban J connectivity index is 2.40. The Morgan fingerprint density at radius 2 is 2.17 bits per heavy atom. The highest BCUT2D eigenvalue weighted by Crippen LogP contribution is 2.28. The molecule has 0 bridgehead atoms. The van der Waals surface area contributed by atoms with E-state index in [9.17, 15) is 4.79 Å². The molecular formula is C12H9BrN2O3. The monoisotopic (exact) mass is 308 g/mol. The molecule has 2 aromatic rings. The number of aromatic nitrogens is 2. The first-order valence-electron chi connectivity index (χ1n) is 5.07. The van der Waals surface area contributed by atoms with Gasteiger partial charge in [0.1, 0.15) is 11.3 Å². The largest absolute Gasteiger partial charge is 0.477 e. The average Bonchev–Trinajstić information content (AvgIpc) is 2.34. The lowest BCUT2D eigenvalue weighted by atomic mass is 10.2. The molecule has 0 aliphatic rings. The summed E-state index contributed by atoms with van der Waals surface area (Å²) in [6.45, 7) is 1.86. The maximum Gasteiger partial charge on any atom is 0.341 e. The number of aromatic carboxylic acids is 1. The van der Waals surface area contributed by atoms with Crippen LogP contribution in [0.25, 0.3) is 0 Å². The molecule has 0 spiro atoms. The molecule has 0 radical (unpaired) electrons. The maximum atomic E-state index is 11.0. The summed E-state index contributed by atoms with van der Waals surface area (Å²) in [4.78, 5) is 11.0. The van der Waals surface area contributed by atoms with Crippen molar-refractivity contribution in [2.24, 2.45) is 0 Å². The Morgan fingerprint density at radius 1 is 1.39 bits per heavy atom. The summed E-state index contributed by atoms with van der Waals surface area (Å²) in [5.41, 5.74) is 0.851. The van der Waals surface area contributed by atoms with E-state index in [4.69, 9.17) is 9.84 Å². The van der Waals surface area contributed by atoms with Crippen LogP contribution in [-0.2, 0) is 0 Å². The van der Waals surface area contributed by atoms with Gasteiger partial charge in [0.05, 0.1) is 6.20 Å². The number of hydrogen-bond acceptors (Lipinski definition) is 4. The fourth-order valence-electron chi connectivity index (χ4n) is 1.34. The highest BCUT2D eigenvalue weighted by atomic mass is 79.9. The van der Waals surface area contributed by atoms with Crippen molar-refractivity contribution in [3.8, 4) is 11.6 Å². The molecule has 92 valence electrons. The summed E-state index contributed by atoms with van der Waals surface area (Å²) < 4.78 is 6.33. The first kappa shape index (κ1) is 12.5. The van der Waals surface area contributed by atoms with Gasteiger partial charge in [0.2, 0.25) is 0 Å². The van der Waals surface area contributed by atoms with E-state index < -0.39 is 5.97 Å². The number of ether oxygens (including phenoxy) is 1. The van der Waals surface area contributed by atoms with Gasteiger partial charge in [0.15, 0.2) is 0 Å². The molecule has 5 nitrogen and oxygen atoms in total. The number of aryl methyl sites for hydroxylation is 1. The first-order chi connectivity index (χ1) is 8.58. The van der Waals surface area contributed by atoms with E-state index in [1.165, 1.54) is 12.3 Å². The molecule has 2 rings (SSSR count). The van der Waals surface area contributed by atoms with E-state index in [1.54, 1.807) is 6.07 Å². The van der Waals surface area contributed by atoms with E-state index >= 15 is 0 Å². The van der Waals surface area contributed by atoms with Crippen LogP contribution in [0.3, 0.4) is 0 Å². The van der Waals surface area contributed by atoms with E-state index in [0.29, 0.717) is 5.75 Å². The van der Waals surface area contributed by atoms with Crippen LogP contribution in [0.2, 0.25) is 0 Å². The minimum absolute atomic E-state index is 0.0220. The van der Waals surface area contributed by atoms with Gasteiger partial charge in [-0.25, -0.2) is 4.79 Å². The van der Waals surface area contributed by atoms with Crippen LogP contribution >= 0.6 is 15.9 Å². The number of halogens is 1. The summed E-state index contributed by atoms with van der Waals surface area (Å²) in [6.07, 6.45) is 1.31. The van der Waals surface area contributed by atoms with Gasteiger partial charge in [-0.3, -0.25) is 0 Å². The molecule has 0 unspecified atom stereocenters. The predicted octanol–water partition coefficient (Wildman–Crippen LogP) is 3.04. The van der Waals surface area contributed by atoms with Crippen molar-refractivity contribution in [3.05, 3.63) is 46.1 Å². The number of carbonyl (C=O) groups is 1. The second-order valence-corrected chi connectivity index (χ2v) is 4.48. The third-order valence-corrected chi connectivity index (χ3v) is 2.77. The van der Waals surface area contributed by atoms with Gasteiger partial charge in [-0.2, -0.15) is 5.10 Å². The van der Waals surface area contributed by atoms with E-state index in [2.05, 4.69) is 26.1 Å². The molecule has 0 saturated heterocycles. The van der Waals surface area contributed by atoms with E-state index in [1.807, 2.05) is 19.1 Å². The zero-order valence-corrected chi connectivity index (χ0v) is 11.0. The lowest BCUT2D eigenvalue weighted by molar-refractivity contribution is 0.0693. The van der Waals surface area contributed by atoms with Crippen LogP contribution in [0, 0.1) is 6.92 Å². The highest BCUT2D eigenvalue weighted by Gasteiger charge is 2.14. The number of rotatable bonds is 3. The molecule has 18 heavy (non-hydrogen) atoms. The summed E-state index contributed by atoms with van der Waals surface area (Å²) >= 11 is 3.32. The summed E-state index contributed by atoms with van der Waals surface area (Å²) in [7, 11) is 0. The molecule has 0 aliphatic heterocycles. The molecule has 0 amide bonds. The summed E-state index contributed by atoms with van der Waals surface area (Å²) in [5.74, 6) is -0.592. The topological polar surface area (TPSA) is 72.3 Å². The lowest BCUT2D eigenvalue weighted by Crippen LogP contribution is -2.03. The van der Waals surface area contributed by atoms with Crippen molar-refractivity contribution < 1.29 is 14.6 Å². The highest BCUT2D eigenvalue weighted by molar-refractivity contribution is 9.10. The Kier molecular flexibility index (Phi) is 3.57. The third-order valence-electron chi connectivity index (χ3n) is 2.27. The zero-order chi connectivity index (χ0) is 13.1. The van der Waals surface area contributed by atoms with Gasteiger partial charge in [0.25, 0.3) is 5.88 Å². The second kappa shape index (κ2) is 5.14. The number of carboxylic acids is 1.